The Kier molecular flexibility index (Phi) is 5.21. The van der Waals surface area contributed by atoms with Crippen LogP contribution in [-0.4, -0.2) is 28.0 Å². The zero-order chi connectivity index (χ0) is 15.2. The third kappa shape index (κ3) is 3.75. The van der Waals surface area contributed by atoms with Gasteiger partial charge in [-0.2, -0.15) is 0 Å². The summed E-state index contributed by atoms with van der Waals surface area (Å²) in [6, 6.07) is 7.28. The number of nitrogen functional groups attached to an aromatic ring is 1. The maximum atomic E-state index is 11.3. The molecule has 2 N–H and O–H groups in total. The van der Waals surface area contributed by atoms with Crippen LogP contribution in [0.25, 0.3) is 0 Å². The van der Waals surface area contributed by atoms with Crippen LogP contribution >= 0.6 is 11.8 Å². The van der Waals surface area contributed by atoms with Crippen LogP contribution in [0, 0.1) is 0 Å². The van der Waals surface area contributed by atoms with E-state index in [1.54, 1.807) is 12.1 Å². The van der Waals surface area contributed by atoms with Gasteiger partial charge in [-0.25, -0.2) is 9.47 Å². The van der Waals surface area contributed by atoms with E-state index in [-0.39, 0.29) is 5.97 Å². The molecule has 1 aromatic carbocycles. The number of hydrogen-bond donors (Lipinski definition) is 1. The van der Waals surface area contributed by atoms with Crippen LogP contribution in [0.2, 0.25) is 0 Å². The first kappa shape index (κ1) is 15.4. The van der Waals surface area contributed by atoms with Gasteiger partial charge in [-0.15, -0.1) is 10.2 Å². The van der Waals surface area contributed by atoms with E-state index in [0.29, 0.717) is 16.5 Å². The van der Waals surface area contributed by atoms with Crippen molar-refractivity contribution >= 4 is 17.7 Å². The van der Waals surface area contributed by atoms with Crippen molar-refractivity contribution in [1.82, 2.24) is 14.9 Å². The van der Waals surface area contributed by atoms with E-state index in [1.165, 1.54) is 23.5 Å². The molecule has 0 saturated heterocycles. The summed E-state index contributed by atoms with van der Waals surface area (Å²) in [6.07, 6.45) is 1.80. The second-order valence-corrected chi connectivity index (χ2v) is 5.44. The van der Waals surface area contributed by atoms with Gasteiger partial charge in [-0.1, -0.05) is 30.8 Å². The van der Waals surface area contributed by atoms with E-state index < -0.39 is 0 Å². The second kappa shape index (κ2) is 7.12. The van der Waals surface area contributed by atoms with Crippen LogP contribution in [0.5, 0.6) is 0 Å². The largest absolute Gasteiger partial charge is 0.465 e. The molecule has 1 heterocycles. The van der Waals surface area contributed by atoms with Crippen LogP contribution in [0.15, 0.2) is 29.4 Å². The topological polar surface area (TPSA) is 83.0 Å². The molecular formula is C14H18N4O2S. The number of thioether (sulfide) groups is 1. The van der Waals surface area contributed by atoms with E-state index in [1.807, 2.05) is 12.1 Å². The highest BCUT2D eigenvalue weighted by atomic mass is 32.2. The minimum atomic E-state index is -0.333. The molecule has 2 rings (SSSR count). The third-order valence-corrected chi connectivity index (χ3v) is 3.97. The van der Waals surface area contributed by atoms with Crippen molar-refractivity contribution in [2.45, 2.75) is 30.7 Å². The molecule has 0 aliphatic carbocycles. The molecule has 0 atom stereocenters. The smallest absolute Gasteiger partial charge is 0.337 e. The molecule has 112 valence electrons. The van der Waals surface area contributed by atoms with Crippen LogP contribution < -0.4 is 5.84 Å². The predicted molar refractivity (Wildman–Crippen MR) is 81.5 cm³/mol. The van der Waals surface area contributed by atoms with E-state index in [0.717, 1.165) is 24.2 Å². The van der Waals surface area contributed by atoms with Crippen LogP contribution in [0.3, 0.4) is 0 Å². The van der Waals surface area contributed by atoms with E-state index in [4.69, 9.17) is 5.84 Å². The summed E-state index contributed by atoms with van der Waals surface area (Å²) in [5.41, 5.74) is 1.62. The lowest BCUT2D eigenvalue weighted by Crippen LogP contribution is -2.13. The molecule has 0 spiro atoms. The monoisotopic (exact) mass is 306 g/mol. The molecule has 0 saturated carbocycles. The zero-order valence-electron chi connectivity index (χ0n) is 12.1. The summed E-state index contributed by atoms with van der Waals surface area (Å²) in [6.45, 7) is 2.07. The summed E-state index contributed by atoms with van der Waals surface area (Å²) < 4.78 is 6.20. The van der Waals surface area contributed by atoms with E-state index in [2.05, 4.69) is 21.9 Å². The first-order valence-electron chi connectivity index (χ1n) is 6.65. The quantitative estimate of drug-likeness (QED) is 0.499. The summed E-state index contributed by atoms with van der Waals surface area (Å²) in [7, 11) is 1.37. The molecule has 0 radical (unpaired) electrons. The number of benzene rings is 1. The molecule has 21 heavy (non-hydrogen) atoms. The van der Waals surface area contributed by atoms with Gasteiger partial charge in [0.1, 0.15) is 0 Å². The van der Waals surface area contributed by atoms with Crippen LogP contribution in [0.1, 0.15) is 35.1 Å². The number of rotatable bonds is 6. The average molecular weight is 306 g/mol. The zero-order valence-corrected chi connectivity index (χ0v) is 12.9. The molecule has 0 fully saturated rings. The fourth-order valence-corrected chi connectivity index (χ4v) is 2.63. The van der Waals surface area contributed by atoms with Gasteiger partial charge in [0.2, 0.25) is 5.16 Å². The number of ether oxygens (including phenoxy) is 1. The first-order valence-corrected chi connectivity index (χ1v) is 7.63. The SMILES string of the molecule is CCCc1nnc(SCc2ccc(C(=O)OC)cc2)n1N. The van der Waals surface area contributed by atoms with Crippen molar-refractivity contribution in [1.29, 1.82) is 0 Å². The number of aryl methyl sites for hydroxylation is 1. The van der Waals surface area contributed by atoms with Crippen molar-refractivity contribution in [3.05, 3.63) is 41.2 Å². The number of nitrogens with two attached hydrogens (primary N) is 1. The Bertz CT molecular complexity index is 610. The minimum absolute atomic E-state index is 0.333. The van der Waals surface area contributed by atoms with Crippen LogP contribution in [-0.2, 0) is 16.9 Å². The highest BCUT2D eigenvalue weighted by Gasteiger charge is 2.10. The predicted octanol–water partition coefficient (Wildman–Crippen LogP) is 2.02. The lowest BCUT2D eigenvalue weighted by molar-refractivity contribution is 0.0600. The molecule has 0 aliphatic heterocycles. The Morgan fingerprint density at radius 3 is 2.67 bits per heavy atom. The molecule has 0 amide bonds. The van der Waals surface area contributed by atoms with Gasteiger partial charge >= 0.3 is 5.97 Å². The highest BCUT2D eigenvalue weighted by molar-refractivity contribution is 7.98. The maximum Gasteiger partial charge on any atom is 0.337 e. The summed E-state index contributed by atoms with van der Waals surface area (Å²) in [5, 5.41) is 8.85. The number of nitrogens with zero attached hydrogens (tertiary/aromatic N) is 3. The molecular weight excluding hydrogens is 288 g/mol. The summed E-state index contributed by atoms with van der Waals surface area (Å²) >= 11 is 1.52. The Labute approximate surface area is 127 Å². The normalized spacial score (nSPS) is 10.6. The fraction of sp³-hybridized carbons (Fsp3) is 0.357. The Morgan fingerprint density at radius 1 is 1.33 bits per heavy atom. The molecule has 7 heteroatoms. The van der Waals surface area contributed by atoms with Gasteiger partial charge in [0, 0.05) is 12.2 Å². The highest BCUT2D eigenvalue weighted by Crippen LogP contribution is 2.21. The van der Waals surface area contributed by atoms with Crippen molar-refractivity contribution in [2.75, 3.05) is 13.0 Å². The van der Waals surface area contributed by atoms with Gasteiger partial charge in [0.25, 0.3) is 0 Å². The fourth-order valence-electron chi connectivity index (χ4n) is 1.80. The van der Waals surface area contributed by atoms with Crippen LogP contribution in [0.4, 0.5) is 0 Å². The van der Waals surface area contributed by atoms with Gasteiger partial charge in [0.05, 0.1) is 12.7 Å². The van der Waals surface area contributed by atoms with Gasteiger partial charge < -0.3 is 10.6 Å². The summed E-state index contributed by atoms with van der Waals surface area (Å²) in [4.78, 5) is 11.3. The molecule has 0 bridgehead atoms. The minimum Gasteiger partial charge on any atom is -0.465 e. The second-order valence-electron chi connectivity index (χ2n) is 4.50. The van der Waals surface area contributed by atoms with Crippen molar-refractivity contribution in [3.63, 3.8) is 0 Å². The van der Waals surface area contributed by atoms with Crippen molar-refractivity contribution < 1.29 is 9.53 Å². The van der Waals surface area contributed by atoms with E-state index >= 15 is 0 Å². The lowest BCUT2D eigenvalue weighted by atomic mass is 10.1. The number of carbonyl (C=O) groups excluding carboxylic acids is 1. The third-order valence-electron chi connectivity index (χ3n) is 2.95. The molecule has 0 unspecified atom stereocenters. The molecule has 0 aliphatic rings. The van der Waals surface area contributed by atoms with E-state index in [9.17, 15) is 4.79 Å². The average Bonchev–Trinajstić information content (AvgIpc) is 2.86. The van der Waals surface area contributed by atoms with Crippen molar-refractivity contribution in [3.8, 4) is 0 Å². The molecule has 6 nitrogen and oxygen atoms in total. The Hall–Kier alpha value is -2.02. The Balaban J connectivity index is 1.98. The number of carbonyl (C=O) groups is 1. The maximum absolute atomic E-state index is 11.3. The van der Waals surface area contributed by atoms with Gasteiger partial charge in [-0.3, -0.25) is 0 Å². The number of aromatic nitrogens is 3. The number of methoxy groups -OCH3 is 1. The molecule has 1 aromatic heterocycles. The van der Waals surface area contributed by atoms with Gasteiger partial charge in [0.15, 0.2) is 5.82 Å². The van der Waals surface area contributed by atoms with Crippen molar-refractivity contribution in [2.24, 2.45) is 0 Å². The summed E-state index contributed by atoms with van der Waals surface area (Å²) in [5.74, 6) is 7.12. The standard InChI is InChI=1S/C14H18N4O2S/c1-3-4-12-16-17-14(18(12)15)21-9-10-5-7-11(8-6-10)13(19)20-2/h5-8H,3-4,9,15H2,1-2H3. The Morgan fingerprint density at radius 2 is 2.05 bits per heavy atom. The first-order chi connectivity index (χ1) is 10.2. The number of esters is 1. The number of hydrogen-bond acceptors (Lipinski definition) is 6. The van der Waals surface area contributed by atoms with Gasteiger partial charge in [-0.05, 0) is 24.1 Å². The molecule has 2 aromatic rings. The lowest BCUT2D eigenvalue weighted by Gasteiger charge is -2.04.